The number of urea groups is 1. The minimum absolute atomic E-state index is 0.0634. The van der Waals surface area contributed by atoms with Crippen LogP contribution in [0.15, 0.2) is 18.2 Å². The molecule has 8 heteroatoms. The summed E-state index contributed by atoms with van der Waals surface area (Å²) < 4.78 is 0. The van der Waals surface area contributed by atoms with E-state index >= 15 is 0 Å². The van der Waals surface area contributed by atoms with Gasteiger partial charge in [0.25, 0.3) is 0 Å². The highest BCUT2D eigenvalue weighted by Crippen LogP contribution is 2.25. The molecule has 1 aromatic carbocycles. The summed E-state index contributed by atoms with van der Waals surface area (Å²) >= 11 is 5.93. The Bertz CT molecular complexity index is 767. The molecule has 0 unspecified atom stereocenters. The Labute approximate surface area is 163 Å². The third kappa shape index (κ3) is 4.35. The second kappa shape index (κ2) is 7.76. The van der Waals surface area contributed by atoms with Gasteiger partial charge in [0.15, 0.2) is 0 Å². The number of halogens is 1. The summed E-state index contributed by atoms with van der Waals surface area (Å²) in [7, 11) is 0. The number of nitrogens with zero attached hydrogens (tertiary/aromatic N) is 1. The molecule has 2 fully saturated rings. The smallest absolute Gasteiger partial charge is 0.319 e. The van der Waals surface area contributed by atoms with Gasteiger partial charge in [-0.05, 0) is 49.4 Å². The fraction of sp³-hybridized carbons (Fsp3) is 0.526. The molecule has 3 rings (SSSR count). The normalized spacial score (nSPS) is 24.6. The maximum atomic E-state index is 12.7. The zero-order valence-electron chi connectivity index (χ0n) is 15.7. The molecular formula is C19H25ClN4O3. The first kappa shape index (κ1) is 19.5. The number of amides is 4. The van der Waals surface area contributed by atoms with Gasteiger partial charge in [-0.1, -0.05) is 25.4 Å². The Hall–Kier alpha value is -2.28. The van der Waals surface area contributed by atoms with Crippen molar-refractivity contribution in [1.82, 2.24) is 15.5 Å². The number of nitrogens with one attached hydrogen (secondary N) is 3. The van der Waals surface area contributed by atoms with Crippen LogP contribution in [0.2, 0.25) is 5.02 Å². The molecular weight excluding hydrogens is 368 g/mol. The Morgan fingerprint density at radius 2 is 2.11 bits per heavy atom. The molecule has 2 aliphatic rings. The Morgan fingerprint density at radius 3 is 2.78 bits per heavy atom. The zero-order chi connectivity index (χ0) is 19.7. The fourth-order valence-electron chi connectivity index (χ4n) is 3.70. The standard InChI is InChI=1S/C19H25ClN4O3/c1-10(2)6-15-18(26)24-9-13(8-16(24)17(25)22-15)21-19(27)23-14-5-4-12(20)7-11(14)3/h4-5,7,10,13,15-16H,6,8-9H2,1-3H3,(H,22,25)(H2,21,23,27)/t13-,15+,16-/m0/s1. The van der Waals surface area contributed by atoms with Gasteiger partial charge in [0, 0.05) is 17.3 Å². The summed E-state index contributed by atoms with van der Waals surface area (Å²) in [4.78, 5) is 39.0. The summed E-state index contributed by atoms with van der Waals surface area (Å²) in [5.74, 6) is 0.103. The summed E-state index contributed by atoms with van der Waals surface area (Å²) in [6.45, 7) is 6.24. The van der Waals surface area contributed by atoms with Crippen molar-refractivity contribution in [2.45, 2.75) is 51.7 Å². The molecule has 0 aromatic heterocycles. The molecule has 3 N–H and O–H groups in total. The van der Waals surface area contributed by atoms with Crippen LogP contribution in [0.1, 0.15) is 32.3 Å². The number of carbonyl (C=O) groups is 3. The van der Waals surface area contributed by atoms with E-state index in [0.717, 1.165) is 5.56 Å². The lowest BCUT2D eigenvalue weighted by atomic mass is 9.99. The zero-order valence-corrected chi connectivity index (χ0v) is 16.5. The quantitative estimate of drug-likeness (QED) is 0.734. The van der Waals surface area contributed by atoms with E-state index in [9.17, 15) is 14.4 Å². The molecule has 2 heterocycles. The summed E-state index contributed by atoms with van der Waals surface area (Å²) in [5.41, 5.74) is 1.52. The van der Waals surface area contributed by atoms with Crippen LogP contribution >= 0.6 is 11.6 Å². The number of carbonyl (C=O) groups excluding carboxylic acids is 3. The van der Waals surface area contributed by atoms with E-state index in [0.29, 0.717) is 36.0 Å². The summed E-state index contributed by atoms with van der Waals surface area (Å²) in [5, 5.41) is 9.08. The van der Waals surface area contributed by atoms with Crippen molar-refractivity contribution in [3.05, 3.63) is 28.8 Å². The van der Waals surface area contributed by atoms with Crippen LogP contribution in [0.25, 0.3) is 0 Å². The van der Waals surface area contributed by atoms with E-state index in [1.165, 1.54) is 0 Å². The van der Waals surface area contributed by atoms with Crippen molar-refractivity contribution < 1.29 is 14.4 Å². The fourth-order valence-corrected chi connectivity index (χ4v) is 3.93. The molecule has 146 valence electrons. The summed E-state index contributed by atoms with van der Waals surface area (Å²) in [6, 6.07) is 3.60. The second-order valence-electron chi connectivity index (χ2n) is 7.69. The summed E-state index contributed by atoms with van der Waals surface area (Å²) in [6.07, 6.45) is 1.03. The second-order valence-corrected chi connectivity index (χ2v) is 8.12. The van der Waals surface area contributed by atoms with Gasteiger partial charge in [0.2, 0.25) is 11.8 Å². The number of piperazine rings is 1. The van der Waals surface area contributed by atoms with Crippen LogP contribution in [0, 0.1) is 12.8 Å². The van der Waals surface area contributed by atoms with E-state index in [1.807, 2.05) is 20.8 Å². The van der Waals surface area contributed by atoms with E-state index in [2.05, 4.69) is 16.0 Å². The van der Waals surface area contributed by atoms with E-state index in [-0.39, 0.29) is 23.9 Å². The van der Waals surface area contributed by atoms with Gasteiger partial charge < -0.3 is 20.9 Å². The van der Waals surface area contributed by atoms with Gasteiger partial charge in [0.1, 0.15) is 12.1 Å². The highest BCUT2D eigenvalue weighted by molar-refractivity contribution is 6.30. The molecule has 4 amide bonds. The number of hydrogen-bond donors (Lipinski definition) is 3. The van der Waals surface area contributed by atoms with Crippen molar-refractivity contribution in [1.29, 1.82) is 0 Å². The van der Waals surface area contributed by atoms with Gasteiger partial charge >= 0.3 is 6.03 Å². The van der Waals surface area contributed by atoms with Gasteiger partial charge in [-0.25, -0.2) is 4.79 Å². The van der Waals surface area contributed by atoms with Crippen LogP contribution < -0.4 is 16.0 Å². The van der Waals surface area contributed by atoms with Gasteiger partial charge in [0.05, 0.1) is 6.04 Å². The molecule has 0 bridgehead atoms. The number of aryl methyl sites for hydroxylation is 1. The Balaban J connectivity index is 1.61. The van der Waals surface area contributed by atoms with Gasteiger partial charge in [-0.3, -0.25) is 9.59 Å². The molecule has 2 aliphatic heterocycles. The predicted octanol–water partition coefficient (Wildman–Crippen LogP) is 2.28. The van der Waals surface area contributed by atoms with Crippen LogP contribution in [-0.2, 0) is 9.59 Å². The minimum atomic E-state index is -0.511. The number of hydrogen-bond acceptors (Lipinski definition) is 3. The molecule has 0 radical (unpaired) electrons. The van der Waals surface area contributed by atoms with Gasteiger partial charge in [-0.2, -0.15) is 0 Å². The van der Waals surface area contributed by atoms with Crippen molar-refractivity contribution in [3.63, 3.8) is 0 Å². The highest BCUT2D eigenvalue weighted by atomic mass is 35.5. The first-order valence-electron chi connectivity index (χ1n) is 9.19. The molecule has 1 aromatic rings. The van der Waals surface area contributed by atoms with Crippen molar-refractivity contribution in [3.8, 4) is 0 Å². The average molecular weight is 393 g/mol. The lowest BCUT2D eigenvalue weighted by Crippen LogP contribution is -2.61. The third-order valence-corrected chi connectivity index (χ3v) is 5.22. The Kier molecular flexibility index (Phi) is 5.60. The molecule has 7 nitrogen and oxygen atoms in total. The van der Waals surface area contributed by atoms with Gasteiger partial charge in [-0.15, -0.1) is 0 Å². The first-order chi connectivity index (χ1) is 12.7. The molecule has 3 atom stereocenters. The molecule has 0 aliphatic carbocycles. The molecule has 0 spiro atoms. The van der Waals surface area contributed by atoms with Crippen molar-refractivity contribution in [2.75, 3.05) is 11.9 Å². The molecule has 2 saturated heterocycles. The van der Waals surface area contributed by atoms with Crippen LogP contribution in [-0.4, -0.2) is 47.4 Å². The number of fused-ring (bicyclic) bond motifs is 1. The number of anilines is 1. The molecule has 27 heavy (non-hydrogen) atoms. The lowest BCUT2D eigenvalue weighted by Gasteiger charge is -2.35. The largest absolute Gasteiger partial charge is 0.342 e. The average Bonchev–Trinajstić information content (AvgIpc) is 2.99. The van der Waals surface area contributed by atoms with Crippen LogP contribution in [0.4, 0.5) is 10.5 Å². The maximum Gasteiger partial charge on any atom is 0.319 e. The van der Waals surface area contributed by atoms with Crippen LogP contribution in [0.3, 0.4) is 0 Å². The molecule has 0 saturated carbocycles. The lowest BCUT2D eigenvalue weighted by molar-refractivity contribution is -0.147. The number of rotatable bonds is 4. The van der Waals surface area contributed by atoms with E-state index < -0.39 is 12.1 Å². The number of benzene rings is 1. The van der Waals surface area contributed by atoms with Crippen LogP contribution in [0.5, 0.6) is 0 Å². The Morgan fingerprint density at radius 1 is 1.37 bits per heavy atom. The SMILES string of the molecule is Cc1cc(Cl)ccc1NC(=O)N[C@H]1C[C@H]2C(=O)N[C@H](CC(C)C)C(=O)N2C1. The van der Waals surface area contributed by atoms with Crippen molar-refractivity contribution in [2.24, 2.45) is 5.92 Å². The minimum Gasteiger partial charge on any atom is -0.342 e. The first-order valence-corrected chi connectivity index (χ1v) is 9.57. The highest BCUT2D eigenvalue weighted by Gasteiger charge is 2.46. The van der Waals surface area contributed by atoms with E-state index in [1.54, 1.807) is 23.1 Å². The third-order valence-electron chi connectivity index (χ3n) is 4.98. The van der Waals surface area contributed by atoms with E-state index in [4.69, 9.17) is 11.6 Å². The monoisotopic (exact) mass is 392 g/mol. The topological polar surface area (TPSA) is 90.5 Å². The van der Waals surface area contributed by atoms with Crippen molar-refractivity contribution >= 4 is 35.1 Å². The predicted molar refractivity (Wildman–Crippen MR) is 104 cm³/mol. The maximum absolute atomic E-state index is 12.7.